The van der Waals surface area contributed by atoms with Gasteiger partial charge < -0.3 is 5.32 Å². The zero-order valence-corrected chi connectivity index (χ0v) is 14.5. The Hall–Kier alpha value is -0.220. The normalized spacial score (nSPS) is 19.0. The van der Waals surface area contributed by atoms with Crippen molar-refractivity contribution in [1.29, 1.82) is 0 Å². The third kappa shape index (κ3) is 6.60. The van der Waals surface area contributed by atoms with Gasteiger partial charge >= 0.3 is 0 Å². The second-order valence-electron chi connectivity index (χ2n) is 5.26. The van der Waals surface area contributed by atoms with Crippen molar-refractivity contribution in [2.24, 2.45) is 5.92 Å². The summed E-state index contributed by atoms with van der Waals surface area (Å²) in [5, 5.41) is 3.28. The van der Waals surface area contributed by atoms with Gasteiger partial charge in [-0.1, -0.05) is 6.92 Å². The van der Waals surface area contributed by atoms with Crippen molar-refractivity contribution in [2.75, 3.05) is 44.2 Å². The van der Waals surface area contributed by atoms with Crippen LogP contribution in [0.1, 0.15) is 26.7 Å². The quantitative estimate of drug-likeness (QED) is 0.594. The fraction of sp³-hybridized carbons (Fsp3) is 1.00. The van der Waals surface area contributed by atoms with Gasteiger partial charge in [0.15, 0.2) is 0 Å². The van der Waals surface area contributed by atoms with Gasteiger partial charge in [0, 0.05) is 19.6 Å². The van der Waals surface area contributed by atoms with Crippen molar-refractivity contribution in [3.63, 3.8) is 0 Å². The molecule has 1 heterocycles. The topological polar surface area (TPSA) is 95.6 Å². The van der Waals surface area contributed by atoms with Crippen molar-refractivity contribution in [1.82, 2.24) is 14.3 Å². The minimum Gasteiger partial charge on any atom is -0.317 e. The van der Waals surface area contributed by atoms with E-state index in [1.54, 1.807) is 0 Å². The molecule has 0 spiro atoms. The summed E-state index contributed by atoms with van der Waals surface area (Å²) in [4.78, 5) is 0. The summed E-state index contributed by atoms with van der Waals surface area (Å²) in [6.07, 6.45) is 1.71. The molecule has 0 saturated carbocycles. The highest BCUT2D eigenvalue weighted by Gasteiger charge is 2.27. The van der Waals surface area contributed by atoms with Gasteiger partial charge in [0.05, 0.1) is 11.5 Å². The Morgan fingerprint density at radius 2 is 1.71 bits per heavy atom. The lowest BCUT2D eigenvalue weighted by Crippen LogP contribution is -2.43. The predicted molar refractivity (Wildman–Crippen MR) is 84.1 cm³/mol. The average molecular weight is 341 g/mol. The lowest BCUT2D eigenvalue weighted by atomic mass is 9.98. The Labute approximate surface area is 128 Å². The Morgan fingerprint density at radius 1 is 1.10 bits per heavy atom. The molecule has 0 atom stereocenters. The SMILES string of the molecule is CCNCC1CCN(S(=O)(=O)CCNS(=O)(=O)CC)CC1. The largest absolute Gasteiger partial charge is 0.317 e. The predicted octanol–water partition coefficient (Wildman–Crippen LogP) is -0.423. The minimum absolute atomic E-state index is 0.0388. The highest BCUT2D eigenvalue weighted by Crippen LogP contribution is 2.19. The van der Waals surface area contributed by atoms with Gasteiger partial charge in [-0.05, 0) is 38.8 Å². The monoisotopic (exact) mass is 341 g/mol. The first-order valence-corrected chi connectivity index (χ1v) is 10.7. The van der Waals surface area contributed by atoms with Gasteiger partial charge in [-0.25, -0.2) is 25.9 Å². The molecule has 0 aromatic carbocycles. The third-order valence-electron chi connectivity index (χ3n) is 3.71. The van der Waals surface area contributed by atoms with E-state index < -0.39 is 20.0 Å². The second kappa shape index (κ2) is 8.42. The Balaban J connectivity index is 2.39. The van der Waals surface area contributed by atoms with Crippen LogP contribution in [0.3, 0.4) is 0 Å². The molecule has 2 N–H and O–H groups in total. The summed E-state index contributed by atoms with van der Waals surface area (Å²) in [5.74, 6) is 0.308. The van der Waals surface area contributed by atoms with Crippen LogP contribution in [0.5, 0.6) is 0 Å². The molecule has 0 radical (unpaired) electrons. The molecule has 7 nitrogen and oxygen atoms in total. The lowest BCUT2D eigenvalue weighted by molar-refractivity contribution is 0.268. The molecule has 1 saturated heterocycles. The first-order chi connectivity index (χ1) is 9.80. The maximum atomic E-state index is 12.2. The highest BCUT2D eigenvalue weighted by atomic mass is 32.2. The highest BCUT2D eigenvalue weighted by molar-refractivity contribution is 7.90. The van der Waals surface area contributed by atoms with E-state index in [2.05, 4.69) is 17.0 Å². The number of hydrogen-bond acceptors (Lipinski definition) is 5. The summed E-state index contributed by atoms with van der Waals surface area (Å²) < 4.78 is 50.6. The molecular formula is C12H27N3O4S2. The molecule has 0 aliphatic carbocycles. The maximum absolute atomic E-state index is 12.2. The zero-order chi connectivity index (χ0) is 15.9. The average Bonchev–Trinajstić information content (AvgIpc) is 2.45. The molecule has 9 heteroatoms. The van der Waals surface area contributed by atoms with E-state index >= 15 is 0 Å². The molecule has 0 unspecified atom stereocenters. The first-order valence-electron chi connectivity index (χ1n) is 7.46. The van der Waals surface area contributed by atoms with Crippen molar-refractivity contribution < 1.29 is 16.8 Å². The molecule has 0 aromatic rings. The van der Waals surface area contributed by atoms with E-state index in [1.807, 2.05) is 0 Å². The van der Waals surface area contributed by atoms with Crippen molar-refractivity contribution in [2.45, 2.75) is 26.7 Å². The van der Waals surface area contributed by atoms with Crippen LogP contribution in [0, 0.1) is 5.92 Å². The van der Waals surface area contributed by atoms with Crippen molar-refractivity contribution in [3.8, 4) is 0 Å². The number of hydrogen-bond donors (Lipinski definition) is 2. The molecule has 1 rings (SSSR count). The lowest BCUT2D eigenvalue weighted by Gasteiger charge is -2.31. The smallest absolute Gasteiger partial charge is 0.215 e. The Morgan fingerprint density at radius 3 is 2.24 bits per heavy atom. The van der Waals surface area contributed by atoms with Gasteiger partial charge in [-0.15, -0.1) is 0 Å². The minimum atomic E-state index is -3.37. The number of rotatable bonds is 9. The van der Waals surface area contributed by atoms with Crippen LogP contribution in [0.15, 0.2) is 0 Å². The van der Waals surface area contributed by atoms with E-state index in [4.69, 9.17) is 0 Å². The van der Waals surface area contributed by atoms with Gasteiger partial charge in [-0.3, -0.25) is 0 Å². The van der Waals surface area contributed by atoms with Gasteiger partial charge in [0.2, 0.25) is 20.0 Å². The van der Waals surface area contributed by atoms with Crippen LogP contribution in [-0.4, -0.2) is 65.4 Å². The number of nitrogens with zero attached hydrogens (tertiary/aromatic N) is 1. The van der Waals surface area contributed by atoms with E-state index in [9.17, 15) is 16.8 Å². The van der Waals surface area contributed by atoms with E-state index in [-0.39, 0.29) is 18.1 Å². The van der Waals surface area contributed by atoms with Crippen LogP contribution >= 0.6 is 0 Å². The first kappa shape index (κ1) is 18.8. The molecule has 21 heavy (non-hydrogen) atoms. The molecule has 0 aromatic heterocycles. The maximum Gasteiger partial charge on any atom is 0.215 e. The van der Waals surface area contributed by atoms with E-state index in [1.165, 1.54) is 11.2 Å². The van der Waals surface area contributed by atoms with E-state index in [0.29, 0.717) is 19.0 Å². The van der Waals surface area contributed by atoms with Crippen LogP contribution in [-0.2, 0) is 20.0 Å². The van der Waals surface area contributed by atoms with Gasteiger partial charge in [0.1, 0.15) is 0 Å². The zero-order valence-electron chi connectivity index (χ0n) is 12.8. The molecule has 1 aliphatic rings. The molecule has 126 valence electrons. The van der Waals surface area contributed by atoms with Crippen molar-refractivity contribution >= 4 is 20.0 Å². The summed E-state index contributed by atoms with van der Waals surface area (Å²) in [5.41, 5.74) is 0. The Kier molecular flexibility index (Phi) is 7.55. The Bertz CT molecular complexity index is 497. The number of nitrogens with one attached hydrogen (secondary N) is 2. The standard InChI is InChI=1S/C12H27N3O4S2/c1-3-13-11-12-5-8-15(9-6-12)21(18,19)10-7-14-20(16,17)4-2/h12-14H,3-11H2,1-2H3. The van der Waals surface area contributed by atoms with Crippen LogP contribution in [0.25, 0.3) is 0 Å². The van der Waals surface area contributed by atoms with Crippen LogP contribution in [0.2, 0.25) is 0 Å². The second-order valence-corrected chi connectivity index (χ2v) is 9.45. The number of piperidine rings is 1. The molecule has 1 aliphatic heterocycles. The summed E-state index contributed by atoms with van der Waals surface area (Å²) >= 11 is 0. The molecule has 0 amide bonds. The molecular weight excluding hydrogens is 314 g/mol. The van der Waals surface area contributed by atoms with Crippen molar-refractivity contribution in [3.05, 3.63) is 0 Å². The summed E-state index contributed by atoms with van der Waals surface area (Å²) in [6.45, 7) is 6.42. The van der Waals surface area contributed by atoms with E-state index in [0.717, 1.165) is 25.9 Å². The fourth-order valence-corrected chi connectivity index (χ4v) is 4.43. The fourth-order valence-electron chi connectivity index (χ4n) is 2.30. The number of sulfonamides is 2. The molecule has 1 fully saturated rings. The summed E-state index contributed by atoms with van der Waals surface area (Å²) in [7, 11) is -6.70. The van der Waals surface area contributed by atoms with Gasteiger partial charge in [-0.2, -0.15) is 0 Å². The third-order valence-corrected chi connectivity index (χ3v) is 6.99. The summed E-state index contributed by atoms with van der Waals surface area (Å²) in [6, 6.07) is 0. The molecule has 0 bridgehead atoms. The van der Waals surface area contributed by atoms with Gasteiger partial charge in [0.25, 0.3) is 0 Å². The van der Waals surface area contributed by atoms with Crippen LogP contribution in [0.4, 0.5) is 0 Å². The van der Waals surface area contributed by atoms with Crippen LogP contribution < -0.4 is 10.0 Å².